The molecule has 0 unspecified atom stereocenters. The van der Waals surface area contributed by atoms with Crippen LogP contribution in [-0.4, -0.2) is 9.97 Å². The van der Waals surface area contributed by atoms with E-state index in [4.69, 9.17) is 0 Å². The highest BCUT2D eigenvalue weighted by Crippen LogP contribution is 2.06. The maximum absolute atomic E-state index is 4.28. The van der Waals surface area contributed by atoms with E-state index in [0.29, 0.717) is 0 Å². The first kappa shape index (κ1) is 9.77. The third-order valence-electron chi connectivity index (χ3n) is 2.30. The Labute approximate surface area is 89.6 Å². The van der Waals surface area contributed by atoms with Crippen molar-refractivity contribution in [2.75, 3.05) is 5.32 Å². The number of para-hydroxylation sites is 1. The number of hydrogen-bond donors (Lipinski definition) is 2. The molecule has 0 radical (unpaired) electrons. The van der Waals surface area contributed by atoms with Crippen LogP contribution in [0.25, 0.3) is 0 Å². The molecule has 15 heavy (non-hydrogen) atoms. The Kier molecular flexibility index (Phi) is 3.02. The van der Waals surface area contributed by atoms with Gasteiger partial charge < -0.3 is 10.3 Å². The number of H-pyrrole nitrogens is 1. The zero-order valence-electron chi connectivity index (χ0n) is 8.83. The number of aromatic amines is 1. The van der Waals surface area contributed by atoms with Crippen LogP contribution in [0, 0.1) is 0 Å². The van der Waals surface area contributed by atoms with Crippen molar-refractivity contribution in [1.29, 1.82) is 0 Å². The highest BCUT2D eigenvalue weighted by Gasteiger charge is 1.98. The number of imidazole rings is 1. The minimum absolute atomic E-state index is 0.740. The normalized spacial score (nSPS) is 10.2. The van der Waals surface area contributed by atoms with Crippen molar-refractivity contribution >= 4 is 5.69 Å². The van der Waals surface area contributed by atoms with Gasteiger partial charge in [0.2, 0.25) is 0 Å². The zero-order chi connectivity index (χ0) is 10.5. The van der Waals surface area contributed by atoms with Gasteiger partial charge in [-0.3, -0.25) is 0 Å². The highest BCUT2D eigenvalue weighted by molar-refractivity contribution is 5.42. The van der Waals surface area contributed by atoms with Gasteiger partial charge in [0.1, 0.15) is 5.82 Å². The molecule has 0 aliphatic carbocycles. The summed E-state index contributed by atoms with van der Waals surface area (Å²) in [5.41, 5.74) is 2.30. The van der Waals surface area contributed by atoms with Crippen LogP contribution in [0.4, 0.5) is 5.69 Å². The minimum atomic E-state index is 0.740. The summed E-state index contributed by atoms with van der Waals surface area (Å²) in [7, 11) is 0. The number of benzene rings is 1. The average Bonchev–Trinajstić information content (AvgIpc) is 2.76. The molecule has 0 spiro atoms. The smallest absolute Gasteiger partial charge is 0.125 e. The topological polar surface area (TPSA) is 40.7 Å². The van der Waals surface area contributed by atoms with Gasteiger partial charge in [0.25, 0.3) is 0 Å². The molecule has 2 N–H and O–H groups in total. The molecule has 0 amide bonds. The van der Waals surface area contributed by atoms with Gasteiger partial charge in [-0.05, 0) is 18.6 Å². The summed E-state index contributed by atoms with van der Waals surface area (Å²) >= 11 is 0. The Morgan fingerprint density at radius 1 is 1.27 bits per heavy atom. The van der Waals surface area contributed by atoms with Crippen molar-refractivity contribution in [3.05, 3.63) is 48.0 Å². The number of aryl methyl sites for hydroxylation is 1. The number of rotatable bonds is 4. The summed E-state index contributed by atoms with van der Waals surface area (Å²) in [6, 6.07) is 10.1. The molecule has 0 bridgehead atoms. The van der Waals surface area contributed by atoms with E-state index in [1.54, 1.807) is 0 Å². The molecule has 0 aliphatic heterocycles. The second kappa shape index (κ2) is 4.64. The van der Waals surface area contributed by atoms with Crippen LogP contribution in [0.1, 0.15) is 18.4 Å². The van der Waals surface area contributed by atoms with Gasteiger partial charge in [-0.1, -0.05) is 25.1 Å². The molecule has 0 saturated heterocycles. The van der Waals surface area contributed by atoms with Crippen molar-refractivity contribution in [3.8, 4) is 0 Å². The maximum Gasteiger partial charge on any atom is 0.125 e. The Hall–Kier alpha value is -1.77. The predicted molar refractivity (Wildman–Crippen MR) is 61.7 cm³/mol. The van der Waals surface area contributed by atoms with Crippen LogP contribution in [0.2, 0.25) is 0 Å². The second-order valence-electron chi connectivity index (χ2n) is 3.43. The zero-order valence-corrected chi connectivity index (χ0v) is 8.83. The Balaban J connectivity index is 1.93. The standard InChI is InChI=1S/C12H15N3/c1-2-10-8-14-12(15-10)9-13-11-6-4-3-5-7-11/h3-8,13H,2,9H2,1H3,(H,14,15). The third kappa shape index (κ3) is 2.59. The number of aromatic nitrogens is 2. The van der Waals surface area contributed by atoms with E-state index in [-0.39, 0.29) is 0 Å². The molecule has 0 fully saturated rings. The third-order valence-corrected chi connectivity index (χ3v) is 2.30. The fourth-order valence-corrected chi connectivity index (χ4v) is 1.42. The molecule has 1 aromatic heterocycles. The van der Waals surface area contributed by atoms with Crippen molar-refractivity contribution in [3.63, 3.8) is 0 Å². The molecule has 0 atom stereocenters. The number of nitrogens with zero attached hydrogens (tertiary/aromatic N) is 1. The summed E-state index contributed by atoms with van der Waals surface area (Å²) in [5, 5.41) is 3.30. The van der Waals surface area contributed by atoms with E-state index in [2.05, 4.69) is 22.2 Å². The maximum atomic E-state index is 4.28. The van der Waals surface area contributed by atoms with Gasteiger partial charge >= 0.3 is 0 Å². The van der Waals surface area contributed by atoms with Gasteiger partial charge in [0.15, 0.2) is 0 Å². The van der Waals surface area contributed by atoms with Crippen molar-refractivity contribution in [1.82, 2.24) is 9.97 Å². The first-order valence-corrected chi connectivity index (χ1v) is 5.20. The van der Waals surface area contributed by atoms with Crippen molar-refractivity contribution < 1.29 is 0 Å². The molecule has 78 valence electrons. The minimum Gasteiger partial charge on any atom is -0.378 e. The van der Waals surface area contributed by atoms with Gasteiger partial charge in [-0.15, -0.1) is 0 Å². The molecule has 2 rings (SSSR count). The van der Waals surface area contributed by atoms with Crippen molar-refractivity contribution in [2.45, 2.75) is 19.9 Å². The van der Waals surface area contributed by atoms with Gasteiger partial charge in [-0.2, -0.15) is 0 Å². The predicted octanol–water partition coefficient (Wildman–Crippen LogP) is 2.58. The van der Waals surface area contributed by atoms with Gasteiger partial charge in [-0.25, -0.2) is 4.98 Å². The van der Waals surface area contributed by atoms with Crippen molar-refractivity contribution in [2.24, 2.45) is 0 Å². The molecule has 1 heterocycles. The van der Waals surface area contributed by atoms with Crippen LogP contribution in [-0.2, 0) is 13.0 Å². The molecule has 3 nitrogen and oxygen atoms in total. The number of anilines is 1. The van der Waals surface area contributed by atoms with Crippen LogP contribution in [0.15, 0.2) is 36.5 Å². The summed E-state index contributed by atoms with van der Waals surface area (Å²) in [5.74, 6) is 0.982. The Morgan fingerprint density at radius 3 is 2.73 bits per heavy atom. The van der Waals surface area contributed by atoms with E-state index in [1.807, 2.05) is 36.5 Å². The quantitative estimate of drug-likeness (QED) is 0.798. The molecular formula is C12H15N3. The van der Waals surface area contributed by atoms with E-state index in [0.717, 1.165) is 24.5 Å². The molecule has 0 aliphatic rings. The molecule has 3 heteroatoms. The molecule has 2 aromatic rings. The summed E-state index contributed by atoms with van der Waals surface area (Å²) in [6.07, 6.45) is 2.89. The SMILES string of the molecule is CCc1cnc(CNc2ccccc2)[nH]1. The summed E-state index contributed by atoms with van der Waals surface area (Å²) < 4.78 is 0. The van der Waals surface area contributed by atoms with Crippen LogP contribution < -0.4 is 5.32 Å². The largest absolute Gasteiger partial charge is 0.378 e. The average molecular weight is 201 g/mol. The first-order chi connectivity index (χ1) is 7.38. The lowest BCUT2D eigenvalue weighted by molar-refractivity contribution is 0.971. The van der Waals surface area contributed by atoms with Crippen LogP contribution in [0.5, 0.6) is 0 Å². The highest BCUT2D eigenvalue weighted by atomic mass is 15.0. The second-order valence-corrected chi connectivity index (χ2v) is 3.43. The fraction of sp³-hybridized carbons (Fsp3) is 0.250. The Morgan fingerprint density at radius 2 is 2.07 bits per heavy atom. The van der Waals surface area contributed by atoms with E-state index in [9.17, 15) is 0 Å². The summed E-state index contributed by atoms with van der Waals surface area (Å²) in [6.45, 7) is 2.85. The van der Waals surface area contributed by atoms with E-state index in [1.165, 1.54) is 5.69 Å². The van der Waals surface area contributed by atoms with E-state index < -0.39 is 0 Å². The van der Waals surface area contributed by atoms with Gasteiger partial charge in [0.05, 0.1) is 6.54 Å². The number of hydrogen-bond acceptors (Lipinski definition) is 2. The monoisotopic (exact) mass is 201 g/mol. The van der Waals surface area contributed by atoms with Gasteiger partial charge in [0, 0.05) is 17.6 Å². The molecule has 1 aromatic carbocycles. The molecule has 0 saturated carbocycles. The summed E-state index contributed by atoms with van der Waals surface area (Å²) in [4.78, 5) is 7.54. The van der Waals surface area contributed by atoms with E-state index >= 15 is 0 Å². The number of nitrogens with one attached hydrogen (secondary N) is 2. The first-order valence-electron chi connectivity index (χ1n) is 5.20. The van der Waals surface area contributed by atoms with Crippen LogP contribution >= 0.6 is 0 Å². The fourth-order valence-electron chi connectivity index (χ4n) is 1.42. The lowest BCUT2D eigenvalue weighted by atomic mass is 10.3. The molecular weight excluding hydrogens is 186 g/mol. The Bertz CT molecular complexity index is 406. The lowest BCUT2D eigenvalue weighted by Gasteiger charge is -2.02. The lowest BCUT2D eigenvalue weighted by Crippen LogP contribution is -2.00. The van der Waals surface area contributed by atoms with Crippen LogP contribution in [0.3, 0.4) is 0 Å².